The van der Waals surface area contributed by atoms with Crippen molar-refractivity contribution in [3.63, 3.8) is 0 Å². The number of ether oxygens (including phenoxy) is 1. The Bertz CT molecular complexity index is 1220. The van der Waals surface area contributed by atoms with Crippen molar-refractivity contribution >= 4 is 32.6 Å². The lowest BCUT2D eigenvalue weighted by Crippen LogP contribution is -2.38. The van der Waals surface area contributed by atoms with Gasteiger partial charge >= 0.3 is 0 Å². The van der Waals surface area contributed by atoms with Gasteiger partial charge in [0.25, 0.3) is 5.91 Å². The van der Waals surface area contributed by atoms with Gasteiger partial charge in [-0.1, -0.05) is 67.6 Å². The van der Waals surface area contributed by atoms with Crippen molar-refractivity contribution in [2.24, 2.45) is 0 Å². The number of likely N-dealkylation sites (N-methyl/N-ethyl adjacent to an activating group) is 1. The molecule has 0 fully saturated rings. The maximum absolute atomic E-state index is 13.7. The van der Waals surface area contributed by atoms with Gasteiger partial charge in [0, 0.05) is 24.7 Å². The summed E-state index contributed by atoms with van der Waals surface area (Å²) >= 11 is 1.54. The highest BCUT2D eigenvalue weighted by Gasteiger charge is 2.22. The zero-order valence-corrected chi connectivity index (χ0v) is 20.8. The van der Waals surface area contributed by atoms with E-state index >= 15 is 0 Å². The van der Waals surface area contributed by atoms with Gasteiger partial charge in [-0.2, -0.15) is 0 Å². The zero-order valence-electron chi connectivity index (χ0n) is 20.0. The molecule has 0 saturated heterocycles. The summed E-state index contributed by atoms with van der Waals surface area (Å²) in [7, 11) is 1.65. The second-order valence-electron chi connectivity index (χ2n) is 8.17. The number of thiazole rings is 1. The van der Waals surface area contributed by atoms with E-state index in [1.807, 2.05) is 53.4 Å². The molecule has 0 N–H and O–H groups in total. The van der Waals surface area contributed by atoms with Crippen LogP contribution >= 0.6 is 11.3 Å². The molecule has 0 atom stereocenters. The third kappa shape index (κ3) is 5.64. The molecule has 0 unspecified atom stereocenters. The number of hydrogen-bond donors (Lipinski definition) is 0. The molecule has 1 aromatic heterocycles. The van der Waals surface area contributed by atoms with E-state index in [0.717, 1.165) is 42.0 Å². The summed E-state index contributed by atoms with van der Waals surface area (Å²) in [4.78, 5) is 22.6. The minimum absolute atomic E-state index is 0.0237. The molecule has 3 aromatic carbocycles. The smallest absolute Gasteiger partial charge is 0.260 e. The first-order chi connectivity index (χ1) is 16.6. The first-order valence-corrected chi connectivity index (χ1v) is 12.5. The minimum atomic E-state index is -0.0237. The summed E-state index contributed by atoms with van der Waals surface area (Å²) in [6, 6.07) is 24.2. The number of fused-ring (bicyclic) bond motifs is 1. The van der Waals surface area contributed by atoms with Gasteiger partial charge in [0.15, 0.2) is 5.13 Å². The van der Waals surface area contributed by atoms with Crippen molar-refractivity contribution in [1.29, 1.82) is 0 Å². The van der Waals surface area contributed by atoms with Gasteiger partial charge in [-0.25, -0.2) is 4.98 Å². The van der Waals surface area contributed by atoms with Crippen LogP contribution < -0.4 is 9.64 Å². The van der Waals surface area contributed by atoms with Crippen LogP contribution in [0.25, 0.3) is 10.2 Å². The van der Waals surface area contributed by atoms with Gasteiger partial charge in [-0.15, -0.1) is 0 Å². The number of aromatic nitrogens is 1. The summed E-state index contributed by atoms with van der Waals surface area (Å²) in [5, 5.41) is 0.716. The van der Waals surface area contributed by atoms with Crippen molar-refractivity contribution < 1.29 is 9.53 Å². The molecular formula is C28H31N3O2S. The maximum atomic E-state index is 13.7. The molecule has 0 aliphatic heterocycles. The third-order valence-corrected chi connectivity index (χ3v) is 7.11. The van der Waals surface area contributed by atoms with Gasteiger partial charge in [-0.3, -0.25) is 9.69 Å². The summed E-state index contributed by atoms with van der Waals surface area (Å²) in [5.74, 6) is 0.740. The first-order valence-electron chi connectivity index (χ1n) is 11.7. The Balaban J connectivity index is 1.59. The first kappa shape index (κ1) is 23.9. The minimum Gasteiger partial charge on any atom is -0.497 e. The molecule has 0 aliphatic rings. The van der Waals surface area contributed by atoms with Crippen LogP contribution in [0.5, 0.6) is 5.75 Å². The molecule has 1 amide bonds. The van der Waals surface area contributed by atoms with Gasteiger partial charge in [0.1, 0.15) is 5.75 Å². The Hall–Kier alpha value is -3.22. The topological polar surface area (TPSA) is 45.7 Å². The van der Waals surface area contributed by atoms with E-state index in [9.17, 15) is 4.79 Å². The maximum Gasteiger partial charge on any atom is 0.260 e. The Morgan fingerprint density at radius 3 is 2.29 bits per heavy atom. The number of amides is 1. The highest BCUT2D eigenvalue weighted by molar-refractivity contribution is 7.22. The lowest BCUT2D eigenvalue weighted by molar-refractivity contribution is 0.0984. The second kappa shape index (κ2) is 11.3. The second-order valence-corrected chi connectivity index (χ2v) is 9.18. The lowest BCUT2D eigenvalue weighted by atomic mass is 10.0. The van der Waals surface area contributed by atoms with E-state index in [0.29, 0.717) is 17.2 Å². The molecule has 34 heavy (non-hydrogen) atoms. The fraction of sp³-hybridized carbons (Fsp3) is 0.286. The summed E-state index contributed by atoms with van der Waals surface area (Å²) in [5.41, 5.74) is 3.96. The molecule has 0 saturated carbocycles. The van der Waals surface area contributed by atoms with E-state index in [-0.39, 0.29) is 5.91 Å². The van der Waals surface area contributed by atoms with Gasteiger partial charge in [0.05, 0.1) is 17.3 Å². The van der Waals surface area contributed by atoms with E-state index in [1.165, 1.54) is 22.5 Å². The molecule has 6 heteroatoms. The number of nitrogens with zero attached hydrogens (tertiary/aromatic N) is 3. The fourth-order valence-electron chi connectivity index (χ4n) is 3.96. The van der Waals surface area contributed by atoms with Crippen LogP contribution in [0.3, 0.4) is 0 Å². The van der Waals surface area contributed by atoms with Gasteiger partial charge in [-0.05, 0) is 54.9 Å². The van der Waals surface area contributed by atoms with Crippen molar-refractivity contribution in [2.45, 2.75) is 20.3 Å². The molecular weight excluding hydrogens is 442 g/mol. The summed E-state index contributed by atoms with van der Waals surface area (Å²) in [6.07, 6.45) is 0.848. The number of carbonyl (C=O) groups excluding carboxylic acids is 1. The van der Waals surface area contributed by atoms with Crippen LogP contribution in [0, 0.1) is 0 Å². The van der Waals surface area contributed by atoms with Crippen LogP contribution in [0.15, 0.2) is 72.8 Å². The molecule has 1 heterocycles. The number of rotatable bonds is 10. The normalized spacial score (nSPS) is 11.2. The van der Waals surface area contributed by atoms with Crippen LogP contribution in [-0.4, -0.2) is 49.1 Å². The van der Waals surface area contributed by atoms with Crippen molar-refractivity contribution in [2.75, 3.05) is 38.2 Å². The van der Waals surface area contributed by atoms with Crippen LogP contribution in [0.2, 0.25) is 0 Å². The van der Waals surface area contributed by atoms with Crippen LogP contribution in [-0.2, 0) is 6.42 Å². The molecule has 0 bridgehead atoms. The number of carbonyl (C=O) groups is 1. The number of benzene rings is 3. The Labute approximate surface area is 205 Å². The number of hydrogen-bond acceptors (Lipinski definition) is 5. The van der Waals surface area contributed by atoms with E-state index in [1.54, 1.807) is 7.11 Å². The standard InChI is InChI=1S/C28H31N3O2S/c1-4-30(5-2)17-18-31(28-29-25-20-24(33-3)15-16-26(25)34-28)27(32)23-13-11-22(12-14-23)19-21-9-7-6-8-10-21/h6-16,20H,4-5,17-19H2,1-3H3. The number of anilines is 1. The van der Waals surface area contributed by atoms with Crippen LogP contribution in [0.4, 0.5) is 5.13 Å². The average Bonchev–Trinajstić information content (AvgIpc) is 3.30. The molecule has 5 nitrogen and oxygen atoms in total. The third-order valence-electron chi connectivity index (χ3n) is 6.05. The van der Waals surface area contributed by atoms with Crippen LogP contribution in [0.1, 0.15) is 35.3 Å². The summed E-state index contributed by atoms with van der Waals surface area (Å²) < 4.78 is 6.38. The number of methoxy groups -OCH3 is 1. The van der Waals surface area contributed by atoms with E-state index < -0.39 is 0 Å². The Morgan fingerprint density at radius 2 is 1.62 bits per heavy atom. The quantitative estimate of drug-likeness (QED) is 0.288. The SMILES string of the molecule is CCN(CC)CCN(C(=O)c1ccc(Cc2ccccc2)cc1)c1nc2cc(OC)ccc2s1. The van der Waals surface area contributed by atoms with Crippen molar-refractivity contribution in [3.05, 3.63) is 89.5 Å². The summed E-state index contributed by atoms with van der Waals surface area (Å²) in [6.45, 7) is 7.57. The predicted molar refractivity (Wildman–Crippen MR) is 141 cm³/mol. The monoisotopic (exact) mass is 473 g/mol. The molecule has 0 aliphatic carbocycles. The molecule has 4 rings (SSSR count). The predicted octanol–water partition coefficient (Wildman–Crippen LogP) is 5.88. The Kier molecular flexibility index (Phi) is 7.93. The lowest BCUT2D eigenvalue weighted by Gasteiger charge is -2.24. The van der Waals surface area contributed by atoms with E-state index in [4.69, 9.17) is 9.72 Å². The molecule has 4 aromatic rings. The average molecular weight is 474 g/mol. The van der Waals surface area contributed by atoms with Crippen molar-refractivity contribution in [1.82, 2.24) is 9.88 Å². The Morgan fingerprint density at radius 1 is 0.912 bits per heavy atom. The zero-order chi connectivity index (χ0) is 23.9. The van der Waals surface area contributed by atoms with Crippen molar-refractivity contribution in [3.8, 4) is 5.75 Å². The highest BCUT2D eigenvalue weighted by atomic mass is 32.1. The fourth-order valence-corrected chi connectivity index (χ4v) is 4.93. The van der Waals surface area contributed by atoms with Gasteiger partial charge in [0.2, 0.25) is 0 Å². The molecule has 176 valence electrons. The molecule has 0 spiro atoms. The highest BCUT2D eigenvalue weighted by Crippen LogP contribution is 2.32. The molecule has 0 radical (unpaired) electrons. The largest absolute Gasteiger partial charge is 0.497 e. The van der Waals surface area contributed by atoms with E-state index in [2.05, 4.69) is 43.0 Å². The van der Waals surface area contributed by atoms with Gasteiger partial charge < -0.3 is 9.64 Å².